The topological polar surface area (TPSA) is 66.0 Å². The highest BCUT2D eigenvalue weighted by molar-refractivity contribution is 5.66. The highest BCUT2D eigenvalue weighted by Gasteiger charge is 2.47. The van der Waals surface area contributed by atoms with Gasteiger partial charge in [-0.3, -0.25) is 0 Å². The molecule has 0 radical (unpaired) electrons. The van der Waals surface area contributed by atoms with Gasteiger partial charge in [-0.1, -0.05) is 12.1 Å². The van der Waals surface area contributed by atoms with Gasteiger partial charge in [0, 0.05) is 12.3 Å². The Morgan fingerprint density at radius 3 is 2.76 bits per heavy atom. The van der Waals surface area contributed by atoms with Crippen LogP contribution in [0, 0.1) is 5.92 Å². The molecule has 1 saturated carbocycles. The van der Waals surface area contributed by atoms with Crippen LogP contribution in [0.3, 0.4) is 0 Å². The van der Waals surface area contributed by atoms with Crippen LogP contribution < -0.4 is 10.1 Å². The van der Waals surface area contributed by atoms with Crippen LogP contribution in [0.2, 0.25) is 0 Å². The molecule has 1 aromatic rings. The Hall–Kier alpha value is -1.79. The molecule has 0 aromatic heterocycles. The van der Waals surface area contributed by atoms with Crippen LogP contribution in [0.25, 0.3) is 0 Å². The zero-order chi connectivity index (χ0) is 17.5. The van der Waals surface area contributed by atoms with Crippen molar-refractivity contribution in [2.45, 2.75) is 38.4 Å². The fraction of sp³-hybridized carbons (Fsp3) is 0.632. The normalized spacial score (nSPS) is 21.4. The first-order chi connectivity index (χ1) is 12.2. The molecule has 25 heavy (non-hydrogen) atoms. The van der Waals surface area contributed by atoms with Gasteiger partial charge in [0.05, 0.1) is 26.4 Å². The van der Waals surface area contributed by atoms with Crippen LogP contribution in [-0.2, 0) is 20.6 Å². The van der Waals surface area contributed by atoms with Gasteiger partial charge in [-0.05, 0) is 43.9 Å². The Balaban J connectivity index is 1.44. The molecule has 1 N–H and O–H groups in total. The van der Waals surface area contributed by atoms with Gasteiger partial charge in [0.1, 0.15) is 12.4 Å². The van der Waals surface area contributed by atoms with Crippen molar-refractivity contribution in [3.63, 3.8) is 0 Å². The summed E-state index contributed by atoms with van der Waals surface area (Å²) in [4.78, 5) is 11.2. The molecular formula is C19H27NO5. The summed E-state index contributed by atoms with van der Waals surface area (Å²) in [5.74, 6) is 0.882. The van der Waals surface area contributed by atoms with Crippen molar-refractivity contribution in [1.29, 1.82) is 0 Å². The SMILES string of the molecule is CCOC(=O)NCCOc1ccc(CC2CCCC23OCCO3)cc1. The van der Waals surface area contributed by atoms with E-state index < -0.39 is 6.09 Å². The van der Waals surface area contributed by atoms with Crippen molar-refractivity contribution in [2.24, 2.45) is 5.92 Å². The second kappa shape index (κ2) is 8.54. The monoisotopic (exact) mass is 349 g/mol. The van der Waals surface area contributed by atoms with Crippen molar-refractivity contribution in [3.8, 4) is 5.75 Å². The molecule has 1 aliphatic carbocycles. The molecule has 1 spiro atoms. The summed E-state index contributed by atoms with van der Waals surface area (Å²) < 4.78 is 22.3. The molecule has 1 atom stereocenters. The summed E-state index contributed by atoms with van der Waals surface area (Å²) in [6.45, 7) is 4.39. The number of amides is 1. The highest BCUT2D eigenvalue weighted by atomic mass is 16.7. The Kier molecular flexibility index (Phi) is 6.15. The summed E-state index contributed by atoms with van der Waals surface area (Å²) in [5.41, 5.74) is 1.27. The maximum absolute atomic E-state index is 11.2. The zero-order valence-corrected chi connectivity index (χ0v) is 14.8. The molecule has 1 heterocycles. The fourth-order valence-corrected chi connectivity index (χ4v) is 3.64. The van der Waals surface area contributed by atoms with Crippen molar-refractivity contribution in [2.75, 3.05) is 33.0 Å². The highest BCUT2D eigenvalue weighted by Crippen LogP contribution is 2.43. The van der Waals surface area contributed by atoms with Gasteiger partial charge >= 0.3 is 6.09 Å². The lowest BCUT2D eigenvalue weighted by Gasteiger charge is -2.29. The smallest absolute Gasteiger partial charge is 0.407 e. The van der Waals surface area contributed by atoms with Gasteiger partial charge in [-0.25, -0.2) is 4.79 Å². The number of hydrogen-bond donors (Lipinski definition) is 1. The quantitative estimate of drug-likeness (QED) is 0.767. The van der Waals surface area contributed by atoms with Gasteiger partial charge in [0.25, 0.3) is 0 Å². The van der Waals surface area contributed by atoms with Crippen molar-refractivity contribution >= 4 is 6.09 Å². The molecule has 6 nitrogen and oxygen atoms in total. The van der Waals surface area contributed by atoms with E-state index in [-0.39, 0.29) is 5.79 Å². The molecule has 6 heteroatoms. The molecule has 138 valence electrons. The van der Waals surface area contributed by atoms with Crippen LogP contribution in [0.5, 0.6) is 5.75 Å². The van der Waals surface area contributed by atoms with E-state index in [0.717, 1.165) is 25.0 Å². The summed E-state index contributed by atoms with van der Waals surface area (Å²) >= 11 is 0. The minimum atomic E-state index is -0.414. The first-order valence-electron chi connectivity index (χ1n) is 9.12. The van der Waals surface area contributed by atoms with Crippen LogP contribution in [0.15, 0.2) is 24.3 Å². The summed E-state index contributed by atoms with van der Waals surface area (Å²) in [6, 6.07) is 8.12. The molecule has 2 fully saturated rings. The van der Waals surface area contributed by atoms with Crippen LogP contribution in [0.1, 0.15) is 31.7 Å². The van der Waals surface area contributed by atoms with Gasteiger partial charge in [-0.2, -0.15) is 0 Å². The molecule has 1 unspecified atom stereocenters. The molecule has 0 bridgehead atoms. The van der Waals surface area contributed by atoms with Crippen molar-refractivity contribution in [3.05, 3.63) is 29.8 Å². The molecule has 1 saturated heterocycles. The minimum Gasteiger partial charge on any atom is -0.492 e. The van der Waals surface area contributed by atoms with E-state index in [4.69, 9.17) is 18.9 Å². The van der Waals surface area contributed by atoms with E-state index in [9.17, 15) is 4.79 Å². The van der Waals surface area contributed by atoms with Crippen LogP contribution >= 0.6 is 0 Å². The first kappa shape index (κ1) is 18.0. The Morgan fingerprint density at radius 1 is 1.28 bits per heavy atom. The predicted octanol–water partition coefficient (Wildman–Crippen LogP) is 2.90. The lowest BCUT2D eigenvalue weighted by atomic mass is 9.93. The van der Waals surface area contributed by atoms with Crippen LogP contribution in [0.4, 0.5) is 4.79 Å². The standard InChI is InChI=1S/C19H27NO5/c1-2-22-18(21)20-10-11-23-17-7-5-15(6-8-17)14-16-4-3-9-19(16)24-12-13-25-19/h5-8,16H,2-4,9-14H2,1H3,(H,20,21). The second-order valence-electron chi connectivity index (χ2n) is 6.44. The summed E-state index contributed by atoms with van der Waals surface area (Å²) in [7, 11) is 0. The Morgan fingerprint density at radius 2 is 2.04 bits per heavy atom. The van der Waals surface area contributed by atoms with E-state index in [0.29, 0.717) is 38.9 Å². The third-order valence-electron chi connectivity index (χ3n) is 4.80. The van der Waals surface area contributed by atoms with Gasteiger partial charge in [0.2, 0.25) is 0 Å². The summed E-state index contributed by atoms with van der Waals surface area (Å²) in [6.07, 6.45) is 3.87. The number of rotatable bonds is 7. The van der Waals surface area contributed by atoms with Crippen LogP contribution in [-0.4, -0.2) is 44.9 Å². The number of alkyl carbamates (subject to hydrolysis) is 1. The van der Waals surface area contributed by atoms with E-state index >= 15 is 0 Å². The van der Waals surface area contributed by atoms with Gasteiger partial charge in [0.15, 0.2) is 5.79 Å². The average Bonchev–Trinajstić information content (AvgIpc) is 3.24. The molecular weight excluding hydrogens is 322 g/mol. The Labute approximate surface area is 148 Å². The number of carbonyl (C=O) groups is 1. The third kappa shape index (κ3) is 4.64. The third-order valence-corrected chi connectivity index (χ3v) is 4.80. The lowest BCUT2D eigenvalue weighted by Crippen LogP contribution is -2.35. The maximum Gasteiger partial charge on any atom is 0.407 e. The number of hydrogen-bond acceptors (Lipinski definition) is 5. The molecule has 2 aliphatic rings. The Bertz CT molecular complexity index is 548. The van der Waals surface area contributed by atoms with E-state index in [2.05, 4.69) is 17.4 Å². The number of benzene rings is 1. The number of ether oxygens (including phenoxy) is 4. The minimum absolute atomic E-state index is 0.339. The zero-order valence-electron chi connectivity index (χ0n) is 14.8. The first-order valence-corrected chi connectivity index (χ1v) is 9.12. The van der Waals surface area contributed by atoms with E-state index in [1.807, 2.05) is 12.1 Å². The lowest BCUT2D eigenvalue weighted by molar-refractivity contribution is -0.180. The molecule has 1 aliphatic heterocycles. The fourth-order valence-electron chi connectivity index (χ4n) is 3.64. The largest absolute Gasteiger partial charge is 0.492 e. The van der Waals surface area contributed by atoms with E-state index in [1.54, 1.807) is 6.92 Å². The van der Waals surface area contributed by atoms with Crippen molar-refractivity contribution < 1.29 is 23.7 Å². The number of nitrogens with one attached hydrogen (secondary N) is 1. The molecule has 1 amide bonds. The number of carbonyl (C=O) groups excluding carboxylic acids is 1. The molecule has 3 rings (SSSR count). The summed E-state index contributed by atoms with van der Waals surface area (Å²) in [5, 5.41) is 2.63. The van der Waals surface area contributed by atoms with E-state index in [1.165, 1.54) is 12.0 Å². The predicted molar refractivity (Wildman–Crippen MR) is 92.6 cm³/mol. The maximum atomic E-state index is 11.2. The molecule has 1 aromatic carbocycles. The van der Waals surface area contributed by atoms with Gasteiger partial charge < -0.3 is 24.3 Å². The van der Waals surface area contributed by atoms with Gasteiger partial charge in [-0.15, -0.1) is 0 Å². The average molecular weight is 349 g/mol. The second-order valence-corrected chi connectivity index (χ2v) is 6.44. The van der Waals surface area contributed by atoms with Crippen molar-refractivity contribution in [1.82, 2.24) is 5.32 Å².